The van der Waals surface area contributed by atoms with Crippen LogP contribution in [-0.2, 0) is 22.2 Å². The minimum Gasteiger partial charge on any atom is -0.356 e. The van der Waals surface area contributed by atoms with Gasteiger partial charge in [-0.15, -0.1) is 0 Å². The Hall–Kier alpha value is -3.33. The molecule has 0 unspecified atom stereocenters. The van der Waals surface area contributed by atoms with Gasteiger partial charge in [0.15, 0.2) is 0 Å². The summed E-state index contributed by atoms with van der Waals surface area (Å²) in [5.74, 6) is -0.432. The molecule has 0 aliphatic rings. The van der Waals surface area contributed by atoms with E-state index in [4.69, 9.17) is 11.6 Å². The van der Waals surface area contributed by atoms with Gasteiger partial charge in [-0.2, -0.15) is 18.3 Å². The summed E-state index contributed by atoms with van der Waals surface area (Å²) in [6.07, 6.45) is -3.74. The average molecular weight is 493 g/mol. The van der Waals surface area contributed by atoms with Gasteiger partial charge in [-0.25, -0.2) is 4.68 Å². The first-order valence-electron chi connectivity index (χ1n) is 10.6. The highest BCUT2D eigenvalue weighted by Gasteiger charge is 2.30. The zero-order valence-corrected chi connectivity index (χ0v) is 19.4. The van der Waals surface area contributed by atoms with Gasteiger partial charge in [-0.3, -0.25) is 9.59 Å². The van der Waals surface area contributed by atoms with E-state index in [0.717, 1.165) is 12.1 Å². The molecule has 0 saturated heterocycles. The molecule has 0 aliphatic carbocycles. The van der Waals surface area contributed by atoms with Crippen molar-refractivity contribution in [3.8, 4) is 5.69 Å². The summed E-state index contributed by atoms with van der Waals surface area (Å²) >= 11 is 5.81. The van der Waals surface area contributed by atoms with E-state index in [1.807, 2.05) is 0 Å². The summed E-state index contributed by atoms with van der Waals surface area (Å²) < 4.78 is 40.6. The molecular formula is C24H24ClF3N4O2. The number of anilines is 1. The first-order valence-corrected chi connectivity index (χ1v) is 11.0. The Morgan fingerprint density at radius 1 is 1.06 bits per heavy atom. The molecule has 0 fully saturated rings. The summed E-state index contributed by atoms with van der Waals surface area (Å²) in [7, 11) is 0. The second kappa shape index (κ2) is 10.7. The lowest BCUT2D eigenvalue weighted by Crippen LogP contribution is -2.27. The number of hydrogen-bond donors (Lipinski definition) is 2. The predicted molar refractivity (Wildman–Crippen MR) is 124 cm³/mol. The molecule has 0 radical (unpaired) electrons. The SMILES string of the molecule is Cc1nn(-c2cccc(C(F)(F)F)c2)c(C)c1CC(=O)NCCCC(=O)Nc1ccc(Cl)cc1. The second-order valence-electron chi connectivity index (χ2n) is 7.79. The van der Waals surface area contributed by atoms with Crippen LogP contribution in [-0.4, -0.2) is 28.1 Å². The second-order valence-corrected chi connectivity index (χ2v) is 8.23. The molecule has 0 saturated carbocycles. The fraction of sp³-hybridized carbons (Fsp3) is 0.292. The van der Waals surface area contributed by atoms with Crippen LogP contribution in [0.15, 0.2) is 48.5 Å². The highest BCUT2D eigenvalue weighted by atomic mass is 35.5. The maximum Gasteiger partial charge on any atom is 0.416 e. The van der Waals surface area contributed by atoms with Gasteiger partial charge in [-0.05, 0) is 62.7 Å². The average Bonchev–Trinajstić information content (AvgIpc) is 3.06. The van der Waals surface area contributed by atoms with Gasteiger partial charge in [0.1, 0.15) is 0 Å². The third-order valence-corrected chi connectivity index (χ3v) is 5.48. The van der Waals surface area contributed by atoms with Crippen molar-refractivity contribution in [3.05, 3.63) is 76.1 Å². The number of hydrogen-bond acceptors (Lipinski definition) is 3. The van der Waals surface area contributed by atoms with Crippen molar-refractivity contribution in [1.29, 1.82) is 0 Å². The lowest BCUT2D eigenvalue weighted by molar-refractivity contribution is -0.137. The Labute approximate surface area is 200 Å². The fourth-order valence-corrected chi connectivity index (χ4v) is 3.58. The van der Waals surface area contributed by atoms with E-state index in [1.165, 1.54) is 16.8 Å². The van der Waals surface area contributed by atoms with Crippen molar-refractivity contribution in [1.82, 2.24) is 15.1 Å². The Bertz CT molecular complexity index is 1170. The highest BCUT2D eigenvalue weighted by molar-refractivity contribution is 6.30. The molecule has 6 nitrogen and oxygen atoms in total. The van der Waals surface area contributed by atoms with Gasteiger partial charge in [0.05, 0.1) is 23.4 Å². The van der Waals surface area contributed by atoms with Crippen molar-refractivity contribution in [3.63, 3.8) is 0 Å². The molecule has 2 amide bonds. The van der Waals surface area contributed by atoms with E-state index in [9.17, 15) is 22.8 Å². The Morgan fingerprint density at radius 3 is 2.44 bits per heavy atom. The maximum atomic E-state index is 13.0. The molecule has 0 bridgehead atoms. The molecule has 3 aromatic rings. The number of amides is 2. The van der Waals surface area contributed by atoms with Gasteiger partial charge in [0.25, 0.3) is 0 Å². The van der Waals surface area contributed by atoms with Crippen LogP contribution in [0.2, 0.25) is 5.02 Å². The van der Waals surface area contributed by atoms with E-state index in [1.54, 1.807) is 38.1 Å². The van der Waals surface area contributed by atoms with Crippen LogP contribution in [0.25, 0.3) is 5.69 Å². The maximum absolute atomic E-state index is 13.0. The zero-order valence-electron chi connectivity index (χ0n) is 18.7. The highest BCUT2D eigenvalue weighted by Crippen LogP contribution is 2.31. The minimum absolute atomic E-state index is 0.0353. The fourth-order valence-electron chi connectivity index (χ4n) is 3.45. The molecule has 1 aromatic heterocycles. The van der Waals surface area contributed by atoms with Crippen LogP contribution in [0.1, 0.15) is 35.4 Å². The monoisotopic (exact) mass is 492 g/mol. The van der Waals surface area contributed by atoms with Crippen LogP contribution < -0.4 is 10.6 Å². The van der Waals surface area contributed by atoms with Gasteiger partial charge < -0.3 is 10.6 Å². The number of nitrogens with zero attached hydrogens (tertiary/aromatic N) is 2. The van der Waals surface area contributed by atoms with Crippen LogP contribution in [0, 0.1) is 13.8 Å². The van der Waals surface area contributed by atoms with E-state index in [-0.39, 0.29) is 30.3 Å². The molecule has 180 valence electrons. The molecule has 3 rings (SSSR count). The normalized spacial score (nSPS) is 11.4. The third kappa shape index (κ3) is 6.60. The molecule has 2 N–H and O–H groups in total. The number of nitrogens with one attached hydrogen (secondary N) is 2. The van der Waals surface area contributed by atoms with Crippen molar-refractivity contribution in [2.45, 2.75) is 39.3 Å². The van der Waals surface area contributed by atoms with Crippen LogP contribution in [0.4, 0.5) is 18.9 Å². The van der Waals surface area contributed by atoms with Gasteiger partial charge in [-0.1, -0.05) is 17.7 Å². The third-order valence-electron chi connectivity index (χ3n) is 5.23. The molecule has 0 aliphatic heterocycles. The standard InChI is InChI=1S/C24H24ClF3N4O2/c1-15-21(16(2)32(31-15)20-6-3-5-17(13-20)24(26,27)28)14-23(34)29-12-4-7-22(33)30-19-10-8-18(25)9-11-19/h3,5-6,8-11,13H,4,7,12,14H2,1-2H3,(H,29,34)(H,30,33). The summed E-state index contributed by atoms with van der Waals surface area (Å²) in [5, 5.41) is 10.4. The lowest BCUT2D eigenvalue weighted by atomic mass is 10.1. The van der Waals surface area contributed by atoms with Gasteiger partial charge in [0, 0.05) is 34.9 Å². The zero-order chi connectivity index (χ0) is 24.9. The molecule has 0 atom stereocenters. The largest absolute Gasteiger partial charge is 0.416 e. The number of carbonyl (C=O) groups is 2. The first kappa shape index (κ1) is 25.3. The number of halogens is 4. The number of alkyl halides is 3. The number of rotatable bonds is 8. The number of carbonyl (C=O) groups excluding carboxylic acids is 2. The molecule has 10 heteroatoms. The Balaban J connectivity index is 1.53. The lowest BCUT2D eigenvalue weighted by Gasteiger charge is -2.10. The van der Waals surface area contributed by atoms with Crippen LogP contribution in [0.3, 0.4) is 0 Å². The van der Waals surface area contributed by atoms with Crippen molar-refractivity contribution >= 4 is 29.1 Å². The smallest absolute Gasteiger partial charge is 0.356 e. The molecule has 34 heavy (non-hydrogen) atoms. The van der Waals surface area contributed by atoms with Crippen molar-refractivity contribution in [2.24, 2.45) is 0 Å². The summed E-state index contributed by atoms with van der Waals surface area (Å²) in [6.45, 7) is 3.73. The van der Waals surface area contributed by atoms with Gasteiger partial charge >= 0.3 is 6.18 Å². The number of benzene rings is 2. The topological polar surface area (TPSA) is 76.0 Å². The Morgan fingerprint density at radius 2 is 1.76 bits per heavy atom. The molecule has 0 spiro atoms. The van der Waals surface area contributed by atoms with E-state index < -0.39 is 11.7 Å². The quantitative estimate of drug-likeness (QED) is 0.422. The van der Waals surface area contributed by atoms with Crippen molar-refractivity contribution in [2.75, 3.05) is 11.9 Å². The van der Waals surface area contributed by atoms with Crippen LogP contribution in [0.5, 0.6) is 0 Å². The van der Waals surface area contributed by atoms with Crippen LogP contribution >= 0.6 is 11.6 Å². The Kier molecular flexibility index (Phi) is 7.98. The van der Waals surface area contributed by atoms with E-state index in [0.29, 0.717) is 40.6 Å². The van der Waals surface area contributed by atoms with E-state index in [2.05, 4.69) is 15.7 Å². The summed E-state index contributed by atoms with van der Waals surface area (Å²) in [4.78, 5) is 24.4. The molecule has 2 aromatic carbocycles. The first-order chi connectivity index (χ1) is 16.0. The summed E-state index contributed by atoms with van der Waals surface area (Å²) in [6, 6.07) is 11.6. The number of aryl methyl sites for hydroxylation is 1. The molecule has 1 heterocycles. The molecular weight excluding hydrogens is 469 g/mol. The van der Waals surface area contributed by atoms with Gasteiger partial charge in [0.2, 0.25) is 11.8 Å². The summed E-state index contributed by atoms with van der Waals surface area (Å²) in [5.41, 5.74) is 1.95. The minimum atomic E-state index is -4.46. The number of aromatic nitrogens is 2. The predicted octanol–water partition coefficient (Wildman–Crippen LogP) is 5.24. The van der Waals surface area contributed by atoms with E-state index >= 15 is 0 Å². The van der Waals surface area contributed by atoms with Crippen molar-refractivity contribution < 1.29 is 22.8 Å².